The number of rotatable bonds is 3. The van der Waals surface area contributed by atoms with E-state index in [4.69, 9.17) is 5.73 Å². The van der Waals surface area contributed by atoms with Crippen molar-refractivity contribution in [3.63, 3.8) is 0 Å². The molecule has 0 radical (unpaired) electrons. The highest BCUT2D eigenvalue weighted by Crippen LogP contribution is 2.32. The first-order chi connectivity index (χ1) is 6.04. The number of nitrogens with two attached hydrogens (primary N) is 1. The average Bonchev–Trinajstić information content (AvgIpc) is 2.04. The van der Waals surface area contributed by atoms with Crippen LogP contribution in [0.5, 0.6) is 0 Å². The van der Waals surface area contributed by atoms with Gasteiger partial charge in [0.1, 0.15) is 0 Å². The Morgan fingerprint density at radius 2 is 1.77 bits per heavy atom. The van der Waals surface area contributed by atoms with E-state index in [1.54, 1.807) is 0 Å². The van der Waals surface area contributed by atoms with E-state index in [0.717, 1.165) is 32.1 Å². The third-order valence-electron chi connectivity index (χ3n) is 3.13. The van der Waals surface area contributed by atoms with Gasteiger partial charge in [0.25, 0.3) is 0 Å². The maximum atomic E-state index is 10.3. The summed E-state index contributed by atoms with van der Waals surface area (Å²) in [5.41, 5.74) is 5.48. The Morgan fingerprint density at radius 3 is 2.23 bits per heavy atom. The summed E-state index contributed by atoms with van der Waals surface area (Å²) in [6.07, 6.45) is 6.29. The van der Waals surface area contributed by atoms with Crippen molar-refractivity contribution in [3.05, 3.63) is 0 Å². The van der Waals surface area contributed by atoms with Crippen molar-refractivity contribution >= 4 is 0 Å². The van der Waals surface area contributed by atoms with Crippen LogP contribution in [0.1, 0.15) is 52.4 Å². The predicted octanol–water partition coefficient (Wildman–Crippen LogP) is 2.05. The molecule has 3 N–H and O–H groups in total. The molecule has 0 heterocycles. The Morgan fingerprint density at radius 1 is 1.23 bits per heavy atom. The van der Waals surface area contributed by atoms with Gasteiger partial charge in [-0.15, -0.1) is 0 Å². The van der Waals surface area contributed by atoms with Gasteiger partial charge in [-0.1, -0.05) is 33.1 Å². The minimum atomic E-state index is -0.553. The van der Waals surface area contributed by atoms with E-state index in [2.05, 4.69) is 13.8 Å². The predicted molar refractivity (Wildman–Crippen MR) is 55.5 cm³/mol. The fourth-order valence-corrected chi connectivity index (χ4v) is 2.26. The van der Waals surface area contributed by atoms with Crippen molar-refractivity contribution < 1.29 is 5.11 Å². The molecule has 1 atom stereocenters. The molecule has 0 aromatic rings. The second-order valence-electron chi connectivity index (χ2n) is 4.90. The van der Waals surface area contributed by atoms with Gasteiger partial charge in [0.05, 0.1) is 5.60 Å². The van der Waals surface area contributed by atoms with Crippen LogP contribution >= 0.6 is 0 Å². The zero-order chi connectivity index (χ0) is 9.90. The van der Waals surface area contributed by atoms with Crippen molar-refractivity contribution in [1.29, 1.82) is 0 Å². The molecule has 1 saturated carbocycles. The van der Waals surface area contributed by atoms with Crippen LogP contribution in [0.2, 0.25) is 0 Å². The summed E-state index contributed by atoms with van der Waals surface area (Å²) in [5.74, 6) is 0.584. The molecule has 0 aromatic heterocycles. The molecule has 0 aliphatic heterocycles. The van der Waals surface area contributed by atoms with Crippen LogP contribution in [-0.2, 0) is 0 Å². The molecule has 0 bridgehead atoms. The molecule has 2 heteroatoms. The number of hydrogen-bond acceptors (Lipinski definition) is 2. The fourth-order valence-electron chi connectivity index (χ4n) is 2.26. The Balaban J connectivity index is 2.46. The van der Waals surface area contributed by atoms with Gasteiger partial charge in [-0.2, -0.15) is 0 Å². The van der Waals surface area contributed by atoms with Gasteiger partial charge in [0.15, 0.2) is 0 Å². The molecule has 13 heavy (non-hydrogen) atoms. The summed E-state index contributed by atoms with van der Waals surface area (Å²) in [6.45, 7) is 4.32. The molecule has 0 aromatic carbocycles. The fraction of sp³-hybridized carbons (Fsp3) is 1.00. The van der Waals surface area contributed by atoms with Crippen LogP contribution in [0.25, 0.3) is 0 Å². The Kier molecular flexibility index (Phi) is 3.74. The lowest BCUT2D eigenvalue weighted by atomic mass is 9.77. The smallest absolute Gasteiger partial charge is 0.0798 e. The molecule has 78 valence electrons. The van der Waals surface area contributed by atoms with Crippen LogP contribution in [0.3, 0.4) is 0 Å². The number of hydrogen-bond donors (Lipinski definition) is 2. The Hall–Kier alpha value is -0.0800. The van der Waals surface area contributed by atoms with Gasteiger partial charge in [0, 0.05) is 6.04 Å². The molecule has 1 aliphatic carbocycles. The largest absolute Gasteiger partial charge is 0.388 e. The molecule has 0 unspecified atom stereocenters. The van der Waals surface area contributed by atoms with Crippen molar-refractivity contribution in [2.75, 3.05) is 0 Å². The summed E-state index contributed by atoms with van der Waals surface area (Å²) >= 11 is 0. The molecular formula is C11H23NO. The van der Waals surface area contributed by atoms with E-state index in [-0.39, 0.29) is 6.04 Å². The lowest BCUT2D eigenvalue weighted by molar-refractivity contribution is -0.0244. The van der Waals surface area contributed by atoms with E-state index >= 15 is 0 Å². The highest BCUT2D eigenvalue weighted by atomic mass is 16.3. The number of aliphatic hydroxyl groups is 1. The second-order valence-corrected chi connectivity index (χ2v) is 4.90. The molecule has 1 rings (SSSR count). The van der Waals surface area contributed by atoms with Crippen molar-refractivity contribution in [1.82, 2.24) is 0 Å². The second kappa shape index (κ2) is 4.43. The van der Waals surface area contributed by atoms with E-state index in [0.29, 0.717) is 5.92 Å². The topological polar surface area (TPSA) is 46.2 Å². The first-order valence-corrected chi connectivity index (χ1v) is 5.52. The van der Waals surface area contributed by atoms with Crippen LogP contribution < -0.4 is 5.73 Å². The van der Waals surface area contributed by atoms with Gasteiger partial charge >= 0.3 is 0 Å². The molecule has 0 spiro atoms. The maximum Gasteiger partial charge on any atom is 0.0798 e. The maximum absolute atomic E-state index is 10.3. The van der Waals surface area contributed by atoms with Crippen molar-refractivity contribution in [2.45, 2.75) is 64.0 Å². The zero-order valence-corrected chi connectivity index (χ0v) is 8.92. The summed E-state index contributed by atoms with van der Waals surface area (Å²) < 4.78 is 0. The molecule has 0 amide bonds. The standard InChI is InChI=1S/C11H23NO/c1-9(2)8-10(12)11(13)6-4-3-5-7-11/h9-10,13H,3-8,12H2,1-2H3/t10-/m1/s1. The first kappa shape index (κ1) is 11.0. The zero-order valence-electron chi connectivity index (χ0n) is 8.92. The van der Waals surface area contributed by atoms with E-state index in [1.807, 2.05) is 0 Å². The average molecular weight is 185 g/mol. The lowest BCUT2D eigenvalue weighted by Crippen LogP contribution is -2.49. The van der Waals surface area contributed by atoms with Gasteiger partial charge in [-0.3, -0.25) is 0 Å². The van der Waals surface area contributed by atoms with Gasteiger partial charge < -0.3 is 10.8 Å². The highest BCUT2D eigenvalue weighted by molar-refractivity contribution is 4.92. The summed E-state index contributed by atoms with van der Waals surface area (Å²) in [5, 5.41) is 10.3. The molecule has 2 nitrogen and oxygen atoms in total. The van der Waals surface area contributed by atoms with Crippen LogP contribution in [0.15, 0.2) is 0 Å². The quantitative estimate of drug-likeness (QED) is 0.707. The van der Waals surface area contributed by atoms with Gasteiger partial charge in [0.2, 0.25) is 0 Å². The van der Waals surface area contributed by atoms with E-state index in [9.17, 15) is 5.11 Å². The van der Waals surface area contributed by atoms with Gasteiger partial charge in [-0.05, 0) is 25.2 Å². The van der Waals surface area contributed by atoms with Crippen LogP contribution in [0.4, 0.5) is 0 Å². The normalized spacial score (nSPS) is 24.7. The Bertz CT molecular complexity index is 150. The van der Waals surface area contributed by atoms with Crippen LogP contribution in [0, 0.1) is 5.92 Å². The Labute approximate surface area is 81.5 Å². The van der Waals surface area contributed by atoms with E-state index in [1.165, 1.54) is 6.42 Å². The molecule has 0 saturated heterocycles. The summed E-state index contributed by atoms with van der Waals surface area (Å²) in [6, 6.07) is -0.0206. The van der Waals surface area contributed by atoms with Crippen LogP contribution in [-0.4, -0.2) is 16.7 Å². The van der Waals surface area contributed by atoms with Crippen molar-refractivity contribution in [2.24, 2.45) is 11.7 Å². The highest BCUT2D eigenvalue weighted by Gasteiger charge is 2.35. The lowest BCUT2D eigenvalue weighted by Gasteiger charge is -2.38. The van der Waals surface area contributed by atoms with E-state index < -0.39 is 5.60 Å². The van der Waals surface area contributed by atoms with Crippen molar-refractivity contribution in [3.8, 4) is 0 Å². The third-order valence-corrected chi connectivity index (χ3v) is 3.13. The summed E-state index contributed by atoms with van der Waals surface area (Å²) in [4.78, 5) is 0. The third kappa shape index (κ3) is 2.96. The monoisotopic (exact) mass is 185 g/mol. The minimum Gasteiger partial charge on any atom is -0.388 e. The summed E-state index contributed by atoms with van der Waals surface area (Å²) in [7, 11) is 0. The minimum absolute atomic E-state index is 0.0206. The van der Waals surface area contributed by atoms with Gasteiger partial charge in [-0.25, -0.2) is 0 Å². The first-order valence-electron chi connectivity index (χ1n) is 5.52. The molecular weight excluding hydrogens is 162 g/mol. The SMILES string of the molecule is CC(C)C[C@@H](N)C1(O)CCCCC1. The molecule has 1 aliphatic rings. The molecule has 1 fully saturated rings.